The number of benzene rings is 2. The molecule has 0 saturated heterocycles. The van der Waals surface area contributed by atoms with Crippen LogP contribution in [-0.2, 0) is 6.54 Å². The van der Waals surface area contributed by atoms with Crippen LogP contribution in [0.2, 0.25) is 0 Å². The molecule has 24 heavy (non-hydrogen) atoms. The van der Waals surface area contributed by atoms with Gasteiger partial charge in [-0.3, -0.25) is 4.79 Å². The zero-order valence-corrected chi connectivity index (χ0v) is 13.3. The first-order chi connectivity index (χ1) is 11.7. The molecule has 0 amide bonds. The highest BCUT2D eigenvalue weighted by Crippen LogP contribution is 2.20. The Hall–Kier alpha value is -2.95. The van der Waals surface area contributed by atoms with E-state index < -0.39 is 0 Å². The summed E-state index contributed by atoms with van der Waals surface area (Å²) in [5, 5.41) is 4.35. The van der Waals surface area contributed by atoms with Crippen molar-refractivity contribution in [1.82, 2.24) is 9.78 Å². The van der Waals surface area contributed by atoms with Gasteiger partial charge in [-0.25, -0.2) is 9.07 Å². The van der Waals surface area contributed by atoms with Crippen LogP contribution in [0.25, 0.3) is 11.3 Å². The summed E-state index contributed by atoms with van der Waals surface area (Å²) in [5.74, 6) is 0.429. The van der Waals surface area contributed by atoms with E-state index in [0.717, 1.165) is 11.3 Å². The Morgan fingerprint density at radius 2 is 1.79 bits per heavy atom. The lowest BCUT2D eigenvalue weighted by molar-refractivity contribution is 0.340. The predicted octanol–water partition coefficient (Wildman–Crippen LogP) is 3.50. The summed E-state index contributed by atoms with van der Waals surface area (Å²) in [4.78, 5) is 12.0. The monoisotopic (exact) mass is 324 g/mol. The Morgan fingerprint density at radius 3 is 2.50 bits per heavy atom. The first-order valence-corrected chi connectivity index (χ1v) is 7.72. The van der Waals surface area contributed by atoms with E-state index in [9.17, 15) is 9.18 Å². The van der Waals surface area contributed by atoms with Gasteiger partial charge in [0.15, 0.2) is 0 Å². The minimum Gasteiger partial charge on any atom is -0.494 e. The topological polar surface area (TPSA) is 44.1 Å². The van der Waals surface area contributed by atoms with Crippen molar-refractivity contribution >= 4 is 0 Å². The van der Waals surface area contributed by atoms with Crippen LogP contribution in [0.1, 0.15) is 12.5 Å². The lowest BCUT2D eigenvalue weighted by Gasteiger charge is -2.09. The molecule has 3 rings (SSSR count). The van der Waals surface area contributed by atoms with Gasteiger partial charge in [-0.1, -0.05) is 18.2 Å². The number of halogens is 1. The molecular weight excluding hydrogens is 307 g/mol. The Labute approximate surface area is 139 Å². The van der Waals surface area contributed by atoms with Gasteiger partial charge in [-0.15, -0.1) is 0 Å². The van der Waals surface area contributed by atoms with Gasteiger partial charge in [0, 0.05) is 17.2 Å². The number of hydrogen-bond acceptors (Lipinski definition) is 3. The van der Waals surface area contributed by atoms with E-state index in [1.807, 2.05) is 31.2 Å². The second kappa shape index (κ2) is 7.08. The first kappa shape index (κ1) is 15.9. The van der Waals surface area contributed by atoms with Crippen LogP contribution in [0.5, 0.6) is 5.75 Å². The van der Waals surface area contributed by atoms with E-state index in [4.69, 9.17) is 4.74 Å². The molecule has 0 aliphatic carbocycles. The van der Waals surface area contributed by atoms with Crippen molar-refractivity contribution < 1.29 is 9.13 Å². The number of nitrogens with zero attached hydrogens (tertiary/aromatic N) is 2. The van der Waals surface area contributed by atoms with E-state index >= 15 is 0 Å². The summed E-state index contributed by atoms with van der Waals surface area (Å²) in [5.41, 5.74) is 1.67. The zero-order chi connectivity index (χ0) is 16.9. The Morgan fingerprint density at radius 1 is 1.04 bits per heavy atom. The Kier molecular flexibility index (Phi) is 4.70. The molecule has 0 fully saturated rings. The second-order valence-corrected chi connectivity index (χ2v) is 5.26. The van der Waals surface area contributed by atoms with E-state index in [1.165, 1.54) is 16.8 Å². The largest absolute Gasteiger partial charge is 0.494 e. The van der Waals surface area contributed by atoms with Gasteiger partial charge in [0.1, 0.15) is 11.6 Å². The zero-order valence-electron chi connectivity index (χ0n) is 13.3. The van der Waals surface area contributed by atoms with Crippen LogP contribution in [0, 0.1) is 5.82 Å². The van der Waals surface area contributed by atoms with E-state index in [-0.39, 0.29) is 17.9 Å². The summed E-state index contributed by atoms with van der Waals surface area (Å²) < 4.78 is 20.5. The maximum Gasteiger partial charge on any atom is 0.267 e. The molecule has 0 saturated carbocycles. The van der Waals surface area contributed by atoms with Gasteiger partial charge < -0.3 is 4.74 Å². The minimum absolute atomic E-state index is 0.0936. The molecule has 3 aromatic rings. The van der Waals surface area contributed by atoms with Crippen molar-refractivity contribution in [3.63, 3.8) is 0 Å². The third-order valence-electron chi connectivity index (χ3n) is 3.61. The van der Waals surface area contributed by atoms with Crippen LogP contribution < -0.4 is 10.3 Å². The molecule has 0 N–H and O–H groups in total. The molecule has 0 aliphatic heterocycles. The van der Waals surface area contributed by atoms with Crippen molar-refractivity contribution in [2.75, 3.05) is 6.61 Å². The number of aromatic nitrogens is 2. The Balaban J connectivity index is 1.91. The molecule has 0 unspecified atom stereocenters. The number of rotatable bonds is 5. The molecule has 0 radical (unpaired) electrons. The van der Waals surface area contributed by atoms with Gasteiger partial charge in [0.25, 0.3) is 5.56 Å². The fourth-order valence-corrected chi connectivity index (χ4v) is 2.39. The van der Waals surface area contributed by atoms with Gasteiger partial charge in [0.05, 0.1) is 18.8 Å². The summed E-state index contributed by atoms with van der Waals surface area (Å²) in [7, 11) is 0. The standard InChI is InChI=1S/C19H17FN2O2/c1-2-24-16-9-7-14(8-10-16)18-11-12-19(23)22(21-18)13-15-5-3-4-6-17(15)20/h3-12H,2,13H2,1H3. The van der Waals surface area contributed by atoms with Crippen LogP contribution in [-0.4, -0.2) is 16.4 Å². The molecule has 122 valence electrons. The molecule has 1 aromatic heterocycles. The van der Waals surface area contributed by atoms with Crippen molar-refractivity contribution in [2.45, 2.75) is 13.5 Å². The van der Waals surface area contributed by atoms with Crippen molar-refractivity contribution in [3.8, 4) is 17.0 Å². The lowest BCUT2D eigenvalue weighted by atomic mass is 10.1. The second-order valence-electron chi connectivity index (χ2n) is 5.26. The van der Waals surface area contributed by atoms with E-state index in [2.05, 4.69) is 5.10 Å². The van der Waals surface area contributed by atoms with Crippen LogP contribution >= 0.6 is 0 Å². The van der Waals surface area contributed by atoms with Crippen molar-refractivity contribution in [1.29, 1.82) is 0 Å². The van der Waals surface area contributed by atoms with Gasteiger partial charge in [-0.2, -0.15) is 5.10 Å². The van der Waals surface area contributed by atoms with Gasteiger partial charge >= 0.3 is 0 Å². The molecule has 2 aromatic carbocycles. The highest BCUT2D eigenvalue weighted by atomic mass is 19.1. The average Bonchev–Trinajstić information content (AvgIpc) is 2.60. The summed E-state index contributed by atoms with van der Waals surface area (Å²) in [6.07, 6.45) is 0. The van der Waals surface area contributed by atoms with Crippen LogP contribution in [0.4, 0.5) is 4.39 Å². The molecule has 0 aliphatic rings. The minimum atomic E-state index is -0.349. The summed E-state index contributed by atoms with van der Waals surface area (Å²) in [6, 6.07) is 16.9. The molecule has 0 bridgehead atoms. The highest BCUT2D eigenvalue weighted by molar-refractivity contribution is 5.59. The van der Waals surface area contributed by atoms with Crippen LogP contribution in [0.3, 0.4) is 0 Å². The summed E-state index contributed by atoms with van der Waals surface area (Å²) in [6.45, 7) is 2.62. The molecule has 0 spiro atoms. The van der Waals surface area contributed by atoms with E-state index in [1.54, 1.807) is 24.3 Å². The SMILES string of the molecule is CCOc1ccc(-c2ccc(=O)n(Cc3ccccc3F)n2)cc1. The van der Waals surface area contributed by atoms with E-state index in [0.29, 0.717) is 17.9 Å². The lowest BCUT2D eigenvalue weighted by Crippen LogP contribution is -2.23. The van der Waals surface area contributed by atoms with Crippen molar-refractivity contribution in [2.24, 2.45) is 0 Å². The molecule has 0 atom stereocenters. The van der Waals surface area contributed by atoms with Crippen molar-refractivity contribution in [3.05, 3.63) is 82.4 Å². The van der Waals surface area contributed by atoms with Gasteiger partial charge in [-0.05, 0) is 43.3 Å². The number of hydrogen-bond donors (Lipinski definition) is 0. The fourth-order valence-electron chi connectivity index (χ4n) is 2.39. The maximum absolute atomic E-state index is 13.8. The molecule has 5 heteroatoms. The fraction of sp³-hybridized carbons (Fsp3) is 0.158. The third-order valence-corrected chi connectivity index (χ3v) is 3.61. The summed E-state index contributed by atoms with van der Waals surface area (Å²) >= 11 is 0. The molecule has 4 nitrogen and oxygen atoms in total. The smallest absolute Gasteiger partial charge is 0.267 e. The highest BCUT2D eigenvalue weighted by Gasteiger charge is 2.07. The normalized spacial score (nSPS) is 10.6. The number of ether oxygens (including phenoxy) is 1. The third kappa shape index (κ3) is 3.51. The average molecular weight is 324 g/mol. The first-order valence-electron chi connectivity index (χ1n) is 7.72. The van der Waals surface area contributed by atoms with Crippen LogP contribution in [0.15, 0.2) is 65.5 Å². The molecule has 1 heterocycles. The Bertz CT molecular complexity index is 888. The quantitative estimate of drug-likeness (QED) is 0.721. The maximum atomic E-state index is 13.8. The van der Waals surface area contributed by atoms with Gasteiger partial charge in [0.2, 0.25) is 0 Å². The molecular formula is C19H17FN2O2. The predicted molar refractivity (Wildman–Crippen MR) is 90.6 cm³/mol.